The van der Waals surface area contributed by atoms with Gasteiger partial charge in [0.2, 0.25) is 0 Å². The predicted molar refractivity (Wildman–Crippen MR) is 68.3 cm³/mol. The first-order valence-corrected chi connectivity index (χ1v) is 6.93. The monoisotopic (exact) mass is 301 g/mol. The van der Waals surface area contributed by atoms with E-state index in [1.807, 2.05) is 0 Å². The van der Waals surface area contributed by atoms with Gasteiger partial charge < -0.3 is 4.90 Å². The third-order valence-electron chi connectivity index (χ3n) is 3.57. The molecule has 16 heavy (non-hydrogen) atoms. The van der Waals surface area contributed by atoms with E-state index in [0.29, 0.717) is 21.9 Å². The molecular formula is C11H13BrClN3. The minimum atomic E-state index is 0.593. The van der Waals surface area contributed by atoms with Crippen molar-refractivity contribution in [2.75, 3.05) is 4.90 Å². The maximum absolute atomic E-state index is 6.17. The SMILES string of the molecule is Clc1cncnc1N1C2CCC1CC(Br)C2. The van der Waals surface area contributed by atoms with Crippen LogP contribution in [0.4, 0.5) is 5.82 Å². The van der Waals surface area contributed by atoms with Crippen molar-refractivity contribution in [2.45, 2.75) is 42.6 Å². The maximum Gasteiger partial charge on any atom is 0.151 e. The van der Waals surface area contributed by atoms with Crippen molar-refractivity contribution in [1.29, 1.82) is 0 Å². The summed E-state index contributed by atoms with van der Waals surface area (Å²) in [4.78, 5) is 11.3. The Morgan fingerprint density at radius 3 is 2.62 bits per heavy atom. The van der Waals surface area contributed by atoms with Crippen LogP contribution >= 0.6 is 27.5 Å². The molecule has 0 aromatic carbocycles. The van der Waals surface area contributed by atoms with Crippen molar-refractivity contribution in [3.63, 3.8) is 0 Å². The van der Waals surface area contributed by atoms with Crippen LogP contribution in [0, 0.1) is 0 Å². The molecule has 0 spiro atoms. The molecule has 2 fully saturated rings. The minimum Gasteiger partial charge on any atom is -0.349 e. The van der Waals surface area contributed by atoms with Crippen LogP contribution in [-0.4, -0.2) is 26.9 Å². The Balaban J connectivity index is 1.94. The number of hydrogen-bond acceptors (Lipinski definition) is 3. The van der Waals surface area contributed by atoms with E-state index in [1.54, 1.807) is 12.5 Å². The van der Waals surface area contributed by atoms with Crippen LogP contribution in [0.1, 0.15) is 25.7 Å². The number of fused-ring (bicyclic) bond motifs is 2. The van der Waals surface area contributed by atoms with Gasteiger partial charge in [-0.2, -0.15) is 0 Å². The lowest BCUT2D eigenvalue weighted by Gasteiger charge is -2.38. The Morgan fingerprint density at radius 1 is 1.31 bits per heavy atom. The summed E-state index contributed by atoms with van der Waals surface area (Å²) in [6.07, 6.45) is 8.16. The molecule has 5 heteroatoms. The number of nitrogens with zero attached hydrogens (tertiary/aromatic N) is 3. The molecule has 3 heterocycles. The van der Waals surface area contributed by atoms with Gasteiger partial charge in [-0.15, -0.1) is 0 Å². The van der Waals surface area contributed by atoms with Crippen LogP contribution in [-0.2, 0) is 0 Å². The zero-order chi connectivity index (χ0) is 11.1. The number of anilines is 1. The van der Waals surface area contributed by atoms with Crippen LogP contribution < -0.4 is 4.90 Å². The number of halogens is 2. The van der Waals surface area contributed by atoms with Crippen molar-refractivity contribution >= 4 is 33.3 Å². The smallest absolute Gasteiger partial charge is 0.151 e. The van der Waals surface area contributed by atoms with Gasteiger partial charge >= 0.3 is 0 Å². The van der Waals surface area contributed by atoms with Gasteiger partial charge in [0, 0.05) is 16.9 Å². The van der Waals surface area contributed by atoms with E-state index in [0.717, 1.165) is 5.82 Å². The topological polar surface area (TPSA) is 29.0 Å². The molecule has 2 aliphatic heterocycles. The Hall–Kier alpha value is -0.350. The highest BCUT2D eigenvalue weighted by molar-refractivity contribution is 9.09. The third-order valence-corrected chi connectivity index (χ3v) is 4.58. The third kappa shape index (κ3) is 1.72. The molecule has 0 aliphatic carbocycles. The van der Waals surface area contributed by atoms with Gasteiger partial charge in [0.1, 0.15) is 11.3 Å². The summed E-state index contributed by atoms with van der Waals surface area (Å²) in [5.41, 5.74) is 0. The molecule has 2 saturated heterocycles. The second-order valence-electron chi connectivity index (χ2n) is 4.56. The quantitative estimate of drug-likeness (QED) is 0.747. The van der Waals surface area contributed by atoms with Gasteiger partial charge in [0.15, 0.2) is 5.82 Å². The molecule has 2 bridgehead atoms. The van der Waals surface area contributed by atoms with Crippen LogP contribution in [0.25, 0.3) is 0 Å². The summed E-state index contributed by atoms with van der Waals surface area (Å²) in [5, 5.41) is 0.674. The lowest BCUT2D eigenvalue weighted by atomic mass is 10.0. The van der Waals surface area contributed by atoms with Gasteiger partial charge in [0.25, 0.3) is 0 Å². The molecule has 1 aromatic rings. The maximum atomic E-state index is 6.17. The number of piperidine rings is 1. The molecule has 0 radical (unpaired) electrons. The predicted octanol–water partition coefficient (Wildman–Crippen LogP) is 3.02. The Morgan fingerprint density at radius 2 is 2.00 bits per heavy atom. The van der Waals surface area contributed by atoms with Crippen LogP contribution in [0.2, 0.25) is 5.02 Å². The lowest BCUT2D eigenvalue weighted by molar-refractivity contribution is 0.479. The van der Waals surface area contributed by atoms with Crippen LogP contribution in [0.15, 0.2) is 12.5 Å². The zero-order valence-electron chi connectivity index (χ0n) is 8.81. The highest BCUT2D eigenvalue weighted by Crippen LogP contribution is 2.42. The summed E-state index contributed by atoms with van der Waals surface area (Å²) in [6.45, 7) is 0. The van der Waals surface area contributed by atoms with Crippen molar-refractivity contribution in [2.24, 2.45) is 0 Å². The summed E-state index contributed by atoms with van der Waals surface area (Å²) in [6, 6.07) is 1.19. The minimum absolute atomic E-state index is 0.593. The van der Waals surface area contributed by atoms with Crippen molar-refractivity contribution < 1.29 is 0 Å². The molecule has 2 atom stereocenters. The Kier molecular flexibility index (Phi) is 2.80. The Labute approximate surface area is 108 Å². The first-order chi connectivity index (χ1) is 7.75. The molecule has 3 nitrogen and oxygen atoms in total. The largest absolute Gasteiger partial charge is 0.349 e. The fourth-order valence-corrected chi connectivity index (χ4v) is 4.02. The van der Waals surface area contributed by atoms with Crippen molar-refractivity contribution in [3.8, 4) is 0 Å². The van der Waals surface area contributed by atoms with Gasteiger partial charge in [-0.1, -0.05) is 27.5 Å². The normalized spacial score (nSPS) is 33.1. The summed E-state index contributed by atoms with van der Waals surface area (Å²) >= 11 is 9.91. The fraction of sp³-hybridized carbons (Fsp3) is 0.636. The molecule has 0 saturated carbocycles. The zero-order valence-corrected chi connectivity index (χ0v) is 11.2. The van der Waals surface area contributed by atoms with E-state index >= 15 is 0 Å². The molecule has 3 rings (SSSR count). The second kappa shape index (κ2) is 4.15. The van der Waals surface area contributed by atoms with Gasteiger partial charge in [0.05, 0.1) is 6.20 Å². The number of rotatable bonds is 1. The molecule has 2 unspecified atom stereocenters. The van der Waals surface area contributed by atoms with Crippen molar-refractivity contribution in [3.05, 3.63) is 17.5 Å². The highest BCUT2D eigenvalue weighted by atomic mass is 79.9. The van der Waals surface area contributed by atoms with E-state index in [4.69, 9.17) is 11.6 Å². The highest BCUT2D eigenvalue weighted by Gasteiger charge is 2.41. The average Bonchev–Trinajstić information content (AvgIpc) is 2.53. The summed E-state index contributed by atoms with van der Waals surface area (Å²) in [5.74, 6) is 0.920. The van der Waals surface area contributed by atoms with E-state index in [1.165, 1.54) is 25.7 Å². The first-order valence-electron chi connectivity index (χ1n) is 5.63. The number of hydrogen-bond donors (Lipinski definition) is 0. The number of aromatic nitrogens is 2. The van der Waals surface area contributed by atoms with Gasteiger partial charge in [-0.25, -0.2) is 9.97 Å². The molecule has 2 aliphatic rings. The standard InChI is InChI=1S/C11H13BrClN3/c12-7-3-8-1-2-9(4-7)16(8)11-10(13)5-14-6-15-11/h5-9H,1-4H2. The first kappa shape index (κ1) is 10.8. The van der Waals surface area contributed by atoms with Crippen LogP contribution in [0.3, 0.4) is 0 Å². The Bertz CT molecular complexity index is 387. The van der Waals surface area contributed by atoms with E-state index in [2.05, 4.69) is 30.8 Å². The van der Waals surface area contributed by atoms with Gasteiger partial charge in [-0.3, -0.25) is 0 Å². The van der Waals surface area contributed by atoms with Crippen LogP contribution in [0.5, 0.6) is 0 Å². The molecule has 1 aromatic heterocycles. The average molecular weight is 303 g/mol. The summed E-state index contributed by atoms with van der Waals surface area (Å²) in [7, 11) is 0. The van der Waals surface area contributed by atoms with E-state index in [9.17, 15) is 0 Å². The fourth-order valence-electron chi connectivity index (χ4n) is 2.95. The van der Waals surface area contributed by atoms with Crippen molar-refractivity contribution in [1.82, 2.24) is 9.97 Å². The lowest BCUT2D eigenvalue weighted by Crippen LogP contribution is -2.43. The van der Waals surface area contributed by atoms with Gasteiger partial charge in [-0.05, 0) is 25.7 Å². The second-order valence-corrected chi connectivity index (χ2v) is 6.26. The van der Waals surface area contributed by atoms with E-state index < -0.39 is 0 Å². The van der Waals surface area contributed by atoms with E-state index in [-0.39, 0.29) is 0 Å². The summed E-state index contributed by atoms with van der Waals surface area (Å²) < 4.78 is 0. The molecule has 86 valence electrons. The molecule has 0 N–H and O–H groups in total. The molecular weight excluding hydrogens is 289 g/mol. The molecule has 0 amide bonds. The number of alkyl halides is 1.